The zero-order chi connectivity index (χ0) is 14.4. The highest BCUT2D eigenvalue weighted by Crippen LogP contribution is 2.35. The minimum atomic E-state index is -0.599. The largest absolute Gasteiger partial charge is 0.481 e. The number of carboxylic acid groups (broad SMARTS) is 1. The first-order chi connectivity index (χ1) is 9.04. The molecule has 1 fully saturated rings. The quantitative estimate of drug-likeness (QED) is 0.764. The van der Waals surface area contributed by atoms with E-state index in [2.05, 4.69) is 32.7 Å². The van der Waals surface area contributed by atoms with Gasteiger partial charge < -0.3 is 5.11 Å². The molecule has 1 aliphatic rings. The summed E-state index contributed by atoms with van der Waals surface area (Å²) in [6, 6.07) is 0.750. The van der Waals surface area contributed by atoms with Gasteiger partial charge in [0, 0.05) is 12.1 Å². The molecular weight excluding hydrogens is 238 g/mol. The number of nitrogens with zero attached hydrogens (tertiary/aromatic N) is 1. The SMILES string of the molecule is CCCC1CCC(C(=O)O)C(N(C)C(CC)CC)C1. The Morgan fingerprint density at radius 2 is 1.89 bits per heavy atom. The fraction of sp³-hybridized carbons (Fsp3) is 0.938. The summed E-state index contributed by atoms with van der Waals surface area (Å²) in [7, 11) is 2.13. The summed E-state index contributed by atoms with van der Waals surface area (Å²) in [4.78, 5) is 13.9. The third-order valence-corrected chi connectivity index (χ3v) is 4.98. The van der Waals surface area contributed by atoms with Crippen LogP contribution in [0, 0.1) is 11.8 Å². The molecule has 0 heterocycles. The number of aliphatic carboxylic acids is 1. The van der Waals surface area contributed by atoms with E-state index < -0.39 is 5.97 Å². The van der Waals surface area contributed by atoms with Crippen molar-refractivity contribution in [2.75, 3.05) is 7.05 Å². The molecule has 1 saturated carbocycles. The lowest BCUT2D eigenvalue weighted by atomic mass is 9.75. The Labute approximate surface area is 118 Å². The van der Waals surface area contributed by atoms with Gasteiger partial charge in [0.2, 0.25) is 0 Å². The molecule has 3 unspecified atom stereocenters. The maximum absolute atomic E-state index is 11.5. The second-order valence-electron chi connectivity index (χ2n) is 6.12. The van der Waals surface area contributed by atoms with Gasteiger partial charge in [0.1, 0.15) is 0 Å². The lowest BCUT2D eigenvalue weighted by Gasteiger charge is -2.42. The molecule has 3 atom stereocenters. The average molecular weight is 269 g/mol. The van der Waals surface area contributed by atoms with Crippen LogP contribution in [0.1, 0.15) is 65.7 Å². The van der Waals surface area contributed by atoms with Crippen LogP contribution in [0.2, 0.25) is 0 Å². The van der Waals surface area contributed by atoms with Gasteiger partial charge >= 0.3 is 5.97 Å². The van der Waals surface area contributed by atoms with Gasteiger partial charge in [0.05, 0.1) is 5.92 Å². The van der Waals surface area contributed by atoms with Crippen LogP contribution in [0.15, 0.2) is 0 Å². The fourth-order valence-corrected chi connectivity index (χ4v) is 3.78. The van der Waals surface area contributed by atoms with Crippen LogP contribution >= 0.6 is 0 Å². The third kappa shape index (κ3) is 4.20. The third-order valence-electron chi connectivity index (χ3n) is 4.98. The van der Waals surface area contributed by atoms with Crippen LogP contribution in [0.3, 0.4) is 0 Å². The molecule has 0 bridgehead atoms. The molecule has 112 valence electrons. The van der Waals surface area contributed by atoms with Crippen molar-refractivity contribution < 1.29 is 9.90 Å². The molecule has 0 aromatic carbocycles. The van der Waals surface area contributed by atoms with E-state index in [0.29, 0.717) is 6.04 Å². The molecule has 0 amide bonds. The minimum Gasteiger partial charge on any atom is -0.481 e. The number of rotatable bonds is 7. The molecular formula is C16H31NO2. The number of carbonyl (C=O) groups is 1. The van der Waals surface area contributed by atoms with Gasteiger partial charge in [-0.1, -0.05) is 33.6 Å². The Bertz CT molecular complexity index is 276. The van der Waals surface area contributed by atoms with Crippen molar-refractivity contribution in [2.24, 2.45) is 11.8 Å². The highest BCUT2D eigenvalue weighted by atomic mass is 16.4. The molecule has 0 aromatic rings. The summed E-state index contributed by atoms with van der Waals surface area (Å²) in [5.41, 5.74) is 0. The van der Waals surface area contributed by atoms with Crippen LogP contribution in [0.25, 0.3) is 0 Å². The van der Waals surface area contributed by atoms with Gasteiger partial charge in [-0.3, -0.25) is 9.69 Å². The number of hydrogen-bond acceptors (Lipinski definition) is 2. The zero-order valence-electron chi connectivity index (χ0n) is 13.1. The zero-order valence-corrected chi connectivity index (χ0v) is 13.1. The molecule has 1 rings (SSSR count). The smallest absolute Gasteiger partial charge is 0.308 e. The highest BCUT2D eigenvalue weighted by molar-refractivity contribution is 5.71. The van der Waals surface area contributed by atoms with Crippen LogP contribution in [-0.4, -0.2) is 35.1 Å². The van der Waals surface area contributed by atoms with Crippen molar-refractivity contribution in [3.8, 4) is 0 Å². The maximum Gasteiger partial charge on any atom is 0.308 e. The van der Waals surface area contributed by atoms with Gasteiger partial charge in [-0.15, -0.1) is 0 Å². The van der Waals surface area contributed by atoms with Gasteiger partial charge in [-0.2, -0.15) is 0 Å². The summed E-state index contributed by atoms with van der Waals surface area (Å²) in [5, 5.41) is 9.47. The van der Waals surface area contributed by atoms with Crippen molar-refractivity contribution in [3.63, 3.8) is 0 Å². The summed E-state index contributed by atoms with van der Waals surface area (Å²) in [5.74, 6) is -0.0427. The van der Waals surface area contributed by atoms with E-state index in [1.54, 1.807) is 0 Å². The molecule has 1 aliphatic carbocycles. The molecule has 1 N–H and O–H groups in total. The van der Waals surface area contributed by atoms with E-state index in [0.717, 1.165) is 38.0 Å². The average Bonchev–Trinajstić information content (AvgIpc) is 2.40. The van der Waals surface area contributed by atoms with Crippen molar-refractivity contribution in [1.82, 2.24) is 4.90 Å². The molecule has 19 heavy (non-hydrogen) atoms. The van der Waals surface area contributed by atoms with Crippen molar-refractivity contribution in [2.45, 2.75) is 77.8 Å². The summed E-state index contributed by atoms with van der Waals surface area (Å²) in [6.45, 7) is 6.63. The summed E-state index contributed by atoms with van der Waals surface area (Å²) >= 11 is 0. The van der Waals surface area contributed by atoms with Crippen LogP contribution in [0.5, 0.6) is 0 Å². The lowest BCUT2D eigenvalue weighted by molar-refractivity contribution is -0.146. The monoisotopic (exact) mass is 269 g/mol. The molecule has 3 heteroatoms. The number of carboxylic acids is 1. The van der Waals surface area contributed by atoms with E-state index in [4.69, 9.17) is 0 Å². The van der Waals surface area contributed by atoms with Crippen LogP contribution in [-0.2, 0) is 4.79 Å². The topological polar surface area (TPSA) is 40.5 Å². The van der Waals surface area contributed by atoms with E-state index in [1.807, 2.05) is 0 Å². The van der Waals surface area contributed by atoms with Crippen molar-refractivity contribution in [1.29, 1.82) is 0 Å². The second kappa shape index (κ2) is 7.88. The highest BCUT2D eigenvalue weighted by Gasteiger charge is 2.38. The standard InChI is InChI=1S/C16H31NO2/c1-5-8-12-9-10-14(16(18)19)15(11-12)17(4)13(6-2)7-3/h12-15H,5-11H2,1-4H3,(H,18,19). The van der Waals surface area contributed by atoms with Crippen LogP contribution < -0.4 is 0 Å². The van der Waals surface area contributed by atoms with Crippen molar-refractivity contribution in [3.05, 3.63) is 0 Å². The number of hydrogen-bond donors (Lipinski definition) is 1. The Morgan fingerprint density at radius 1 is 1.26 bits per heavy atom. The predicted octanol–water partition coefficient (Wildman–Crippen LogP) is 3.78. The van der Waals surface area contributed by atoms with Gasteiger partial charge in [-0.25, -0.2) is 0 Å². The van der Waals surface area contributed by atoms with E-state index >= 15 is 0 Å². The van der Waals surface area contributed by atoms with Crippen LogP contribution in [0.4, 0.5) is 0 Å². The Balaban J connectivity index is 2.78. The van der Waals surface area contributed by atoms with E-state index in [9.17, 15) is 9.90 Å². The van der Waals surface area contributed by atoms with Gasteiger partial charge in [-0.05, 0) is 45.1 Å². The van der Waals surface area contributed by atoms with Gasteiger partial charge in [0.25, 0.3) is 0 Å². The Kier molecular flexibility index (Phi) is 6.84. The lowest BCUT2D eigenvalue weighted by Crippen LogP contribution is -2.49. The normalized spacial score (nSPS) is 28.0. The van der Waals surface area contributed by atoms with Crippen molar-refractivity contribution >= 4 is 5.97 Å². The second-order valence-corrected chi connectivity index (χ2v) is 6.12. The fourth-order valence-electron chi connectivity index (χ4n) is 3.78. The van der Waals surface area contributed by atoms with E-state index in [-0.39, 0.29) is 12.0 Å². The van der Waals surface area contributed by atoms with Gasteiger partial charge in [0.15, 0.2) is 0 Å². The molecule has 0 radical (unpaired) electrons. The first-order valence-corrected chi connectivity index (χ1v) is 7.99. The summed E-state index contributed by atoms with van der Waals surface area (Å²) in [6.07, 6.45) is 7.69. The minimum absolute atomic E-state index is 0.168. The van der Waals surface area contributed by atoms with E-state index in [1.165, 1.54) is 12.8 Å². The first-order valence-electron chi connectivity index (χ1n) is 7.99. The Morgan fingerprint density at radius 3 is 2.37 bits per heavy atom. The molecule has 0 aliphatic heterocycles. The maximum atomic E-state index is 11.5. The molecule has 0 aromatic heterocycles. The first kappa shape index (κ1) is 16.5. The molecule has 3 nitrogen and oxygen atoms in total. The Hall–Kier alpha value is -0.570. The summed E-state index contributed by atoms with van der Waals surface area (Å²) < 4.78 is 0. The predicted molar refractivity (Wildman–Crippen MR) is 79.3 cm³/mol. The molecule has 0 spiro atoms. The molecule has 0 saturated heterocycles.